The Balaban J connectivity index is 1.41. The summed E-state index contributed by atoms with van der Waals surface area (Å²) < 4.78 is 44.9. The van der Waals surface area contributed by atoms with Crippen LogP contribution in [-0.4, -0.2) is 46.7 Å². The van der Waals surface area contributed by atoms with Gasteiger partial charge in [-0.2, -0.15) is 13.2 Å². The number of benzene rings is 2. The second-order valence-corrected chi connectivity index (χ2v) is 9.20. The standard InChI is InChI=1S/C26H26F3N3O3/c1-31-21-8-3-2-7-20(21)23(35-25(34)26(27,28)29)22(31)24(33)30-18-10-9-16-11-13-32(19-5-4-6-19)14-12-17(16)15-18/h2-3,7-10,15,19H,4-6,11-14H2,1H3,(H,30,33). The van der Waals surface area contributed by atoms with E-state index in [1.807, 2.05) is 12.1 Å². The molecular weight excluding hydrogens is 459 g/mol. The van der Waals surface area contributed by atoms with Crippen molar-refractivity contribution in [3.8, 4) is 5.75 Å². The van der Waals surface area contributed by atoms with Gasteiger partial charge in [0.15, 0.2) is 11.4 Å². The Labute approximate surface area is 200 Å². The van der Waals surface area contributed by atoms with Crippen molar-refractivity contribution in [2.24, 2.45) is 7.05 Å². The molecule has 0 saturated heterocycles. The van der Waals surface area contributed by atoms with Crippen LogP contribution in [0.4, 0.5) is 18.9 Å². The molecule has 1 fully saturated rings. The number of halogens is 3. The van der Waals surface area contributed by atoms with Gasteiger partial charge in [-0.25, -0.2) is 4.79 Å². The van der Waals surface area contributed by atoms with Crippen molar-refractivity contribution >= 4 is 28.5 Å². The largest absolute Gasteiger partial charge is 0.491 e. The Hall–Kier alpha value is -3.33. The molecule has 9 heteroatoms. The number of nitrogens with zero attached hydrogens (tertiary/aromatic N) is 2. The smallest absolute Gasteiger partial charge is 0.417 e. The number of hydrogen-bond donors (Lipinski definition) is 1. The molecule has 1 aliphatic heterocycles. The number of carbonyl (C=O) groups is 2. The number of amides is 1. The van der Waals surface area contributed by atoms with E-state index < -0.39 is 23.8 Å². The van der Waals surface area contributed by atoms with E-state index in [1.54, 1.807) is 31.3 Å². The van der Waals surface area contributed by atoms with Gasteiger partial charge >= 0.3 is 12.1 Å². The third kappa shape index (κ3) is 4.52. The maximum atomic E-state index is 13.3. The summed E-state index contributed by atoms with van der Waals surface area (Å²) in [5, 5.41) is 3.04. The highest BCUT2D eigenvalue weighted by molar-refractivity contribution is 6.11. The average molecular weight is 486 g/mol. The lowest BCUT2D eigenvalue weighted by molar-refractivity contribution is -0.189. The van der Waals surface area contributed by atoms with Crippen molar-refractivity contribution < 1.29 is 27.5 Å². The molecule has 1 saturated carbocycles. The van der Waals surface area contributed by atoms with Gasteiger partial charge in [0, 0.05) is 37.3 Å². The molecule has 3 aromatic rings. The summed E-state index contributed by atoms with van der Waals surface area (Å²) in [4.78, 5) is 27.4. The number of hydrogen-bond acceptors (Lipinski definition) is 4. The van der Waals surface area contributed by atoms with Gasteiger partial charge in [0.2, 0.25) is 0 Å². The fraction of sp³-hybridized carbons (Fsp3) is 0.385. The SMILES string of the molecule is Cn1c(C(=O)Nc2ccc3c(c2)CCN(C2CCC2)CC3)c(OC(=O)C(F)(F)F)c2ccccc21. The number of nitrogens with one attached hydrogen (secondary N) is 1. The molecule has 1 amide bonds. The Morgan fingerprint density at radius 3 is 2.43 bits per heavy atom. The molecule has 2 heterocycles. The summed E-state index contributed by atoms with van der Waals surface area (Å²) in [5.41, 5.74) is 3.26. The van der Waals surface area contributed by atoms with Crippen molar-refractivity contribution in [3.63, 3.8) is 0 Å². The highest BCUT2D eigenvalue weighted by Gasteiger charge is 2.42. The van der Waals surface area contributed by atoms with Crippen LogP contribution in [0, 0.1) is 0 Å². The molecule has 0 spiro atoms. The molecule has 2 aliphatic rings. The van der Waals surface area contributed by atoms with Crippen molar-refractivity contribution in [3.05, 3.63) is 59.3 Å². The van der Waals surface area contributed by atoms with Crippen LogP contribution in [0.15, 0.2) is 42.5 Å². The fourth-order valence-corrected chi connectivity index (χ4v) is 5.00. The minimum atomic E-state index is -5.19. The second-order valence-electron chi connectivity index (χ2n) is 9.20. The molecule has 1 aromatic heterocycles. The van der Waals surface area contributed by atoms with Crippen LogP contribution in [0.3, 0.4) is 0 Å². The Morgan fingerprint density at radius 2 is 1.74 bits per heavy atom. The third-order valence-corrected chi connectivity index (χ3v) is 7.09. The first kappa shape index (κ1) is 23.4. The van der Waals surface area contributed by atoms with Gasteiger partial charge in [-0.15, -0.1) is 0 Å². The lowest BCUT2D eigenvalue weighted by atomic mass is 9.91. The van der Waals surface area contributed by atoms with Crippen LogP contribution in [-0.2, 0) is 24.7 Å². The number of aryl methyl sites for hydroxylation is 1. The normalized spacial score (nSPS) is 16.9. The van der Waals surface area contributed by atoms with E-state index in [2.05, 4.69) is 10.2 Å². The summed E-state index contributed by atoms with van der Waals surface area (Å²) in [6.07, 6.45) is 0.431. The fourth-order valence-electron chi connectivity index (χ4n) is 5.00. The first-order valence-corrected chi connectivity index (χ1v) is 11.8. The summed E-state index contributed by atoms with van der Waals surface area (Å²) in [6, 6.07) is 12.9. The molecule has 2 aromatic carbocycles. The highest BCUT2D eigenvalue weighted by Crippen LogP contribution is 2.35. The first-order valence-electron chi connectivity index (χ1n) is 11.8. The van der Waals surface area contributed by atoms with Crippen LogP contribution in [0.5, 0.6) is 5.75 Å². The predicted molar refractivity (Wildman–Crippen MR) is 126 cm³/mol. The second kappa shape index (κ2) is 9.03. The number of alkyl halides is 3. The molecule has 0 radical (unpaired) electrons. The number of para-hydroxylation sites is 1. The maximum Gasteiger partial charge on any atom is 0.491 e. The van der Waals surface area contributed by atoms with Crippen LogP contribution in [0.25, 0.3) is 10.9 Å². The van der Waals surface area contributed by atoms with Crippen LogP contribution in [0.2, 0.25) is 0 Å². The zero-order chi connectivity index (χ0) is 24.7. The van der Waals surface area contributed by atoms with Crippen molar-refractivity contribution in [1.29, 1.82) is 0 Å². The quantitative estimate of drug-likeness (QED) is 0.537. The topological polar surface area (TPSA) is 63.6 Å². The third-order valence-electron chi connectivity index (χ3n) is 7.09. The van der Waals surface area contributed by atoms with Crippen LogP contribution >= 0.6 is 0 Å². The number of rotatable bonds is 4. The molecule has 184 valence electrons. The van der Waals surface area contributed by atoms with Gasteiger partial charge in [0.1, 0.15) is 0 Å². The number of aromatic nitrogens is 1. The average Bonchev–Trinajstić information content (AvgIpc) is 2.91. The minimum Gasteiger partial charge on any atom is -0.417 e. The molecule has 0 atom stereocenters. The van der Waals surface area contributed by atoms with Gasteiger partial charge in [-0.1, -0.05) is 24.6 Å². The van der Waals surface area contributed by atoms with E-state index in [4.69, 9.17) is 4.74 Å². The van der Waals surface area contributed by atoms with Crippen LogP contribution < -0.4 is 10.1 Å². The number of ether oxygens (including phenoxy) is 1. The molecule has 0 bridgehead atoms. The van der Waals surface area contributed by atoms with E-state index in [0.29, 0.717) is 17.2 Å². The zero-order valence-electron chi connectivity index (χ0n) is 19.3. The lowest BCUT2D eigenvalue weighted by Crippen LogP contribution is -2.41. The van der Waals surface area contributed by atoms with Crippen LogP contribution in [0.1, 0.15) is 40.9 Å². The predicted octanol–water partition coefficient (Wildman–Crippen LogP) is 4.85. The van der Waals surface area contributed by atoms with E-state index in [1.165, 1.54) is 35.5 Å². The van der Waals surface area contributed by atoms with Crippen molar-refractivity contribution in [2.45, 2.75) is 44.3 Å². The van der Waals surface area contributed by atoms with Gasteiger partial charge in [-0.05, 0) is 61.1 Å². The maximum absolute atomic E-state index is 13.3. The Bertz CT molecular complexity index is 1290. The number of anilines is 1. The molecular formula is C26H26F3N3O3. The van der Waals surface area contributed by atoms with Crippen molar-refractivity contribution in [1.82, 2.24) is 9.47 Å². The van der Waals surface area contributed by atoms with Gasteiger partial charge in [-0.3, -0.25) is 9.69 Å². The molecule has 1 aliphatic carbocycles. The number of carbonyl (C=O) groups excluding carboxylic acids is 2. The molecule has 0 unspecified atom stereocenters. The molecule has 35 heavy (non-hydrogen) atoms. The summed E-state index contributed by atoms with van der Waals surface area (Å²) in [6.45, 7) is 1.99. The Morgan fingerprint density at radius 1 is 1.03 bits per heavy atom. The number of fused-ring (bicyclic) bond motifs is 2. The van der Waals surface area contributed by atoms with Gasteiger partial charge < -0.3 is 14.6 Å². The van der Waals surface area contributed by atoms with Gasteiger partial charge in [0.05, 0.1) is 5.52 Å². The zero-order valence-corrected chi connectivity index (χ0v) is 19.3. The Kier molecular flexibility index (Phi) is 6.04. The monoisotopic (exact) mass is 485 g/mol. The van der Waals surface area contributed by atoms with E-state index in [9.17, 15) is 22.8 Å². The minimum absolute atomic E-state index is 0.157. The molecule has 5 rings (SSSR count). The summed E-state index contributed by atoms with van der Waals surface area (Å²) >= 11 is 0. The van der Waals surface area contributed by atoms with E-state index >= 15 is 0 Å². The lowest BCUT2D eigenvalue weighted by Gasteiger charge is -2.36. The molecule has 6 nitrogen and oxygen atoms in total. The molecule has 1 N–H and O–H groups in total. The highest BCUT2D eigenvalue weighted by atomic mass is 19.4. The first-order chi connectivity index (χ1) is 16.7. The number of esters is 1. The van der Waals surface area contributed by atoms with Crippen molar-refractivity contribution in [2.75, 3.05) is 18.4 Å². The summed E-state index contributed by atoms with van der Waals surface area (Å²) in [7, 11) is 1.55. The summed E-state index contributed by atoms with van der Waals surface area (Å²) in [5.74, 6) is -3.43. The van der Waals surface area contributed by atoms with E-state index in [-0.39, 0.29) is 11.1 Å². The van der Waals surface area contributed by atoms with E-state index in [0.717, 1.165) is 31.5 Å². The van der Waals surface area contributed by atoms with Gasteiger partial charge in [0.25, 0.3) is 5.91 Å².